The Morgan fingerprint density at radius 1 is 1.47 bits per heavy atom. The zero-order chi connectivity index (χ0) is 13.4. The van der Waals surface area contributed by atoms with Crippen molar-refractivity contribution in [3.63, 3.8) is 0 Å². The summed E-state index contributed by atoms with van der Waals surface area (Å²) in [4.78, 5) is 21.9. The lowest BCUT2D eigenvalue weighted by atomic mass is 10.1. The Bertz CT molecular complexity index is 624. The van der Waals surface area contributed by atoms with Crippen LogP contribution in [0.2, 0.25) is 0 Å². The van der Waals surface area contributed by atoms with Crippen LogP contribution in [0.15, 0.2) is 11.7 Å². The van der Waals surface area contributed by atoms with Crippen molar-refractivity contribution in [2.75, 3.05) is 18.9 Å². The number of hydrogen-bond donors (Lipinski definition) is 1. The minimum atomic E-state index is 0.220. The predicted octanol–water partition coefficient (Wildman–Crippen LogP) is 2.03. The Morgan fingerprint density at radius 2 is 2.32 bits per heavy atom. The zero-order valence-electron chi connectivity index (χ0n) is 11.0. The van der Waals surface area contributed by atoms with Gasteiger partial charge in [-0.3, -0.25) is 4.79 Å². The number of nitrogens with zero attached hydrogens (tertiary/aromatic N) is 3. The molecule has 0 aliphatic carbocycles. The normalized spacial score (nSPS) is 20.0. The van der Waals surface area contributed by atoms with E-state index in [2.05, 4.69) is 27.6 Å². The maximum absolute atomic E-state index is 11.5. The lowest BCUT2D eigenvalue weighted by Gasteiger charge is -2.30. The smallest absolute Gasteiger partial charge is 0.222 e. The van der Waals surface area contributed by atoms with Crippen molar-refractivity contribution in [1.29, 1.82) is 0 Å². The number of likely N-dealkylation sites (N-methyl/N-ethyl adjacent to an activating group) is 1. The molecule has 3 heterocycles. The number of thiophene rings is 1. The Morgan fingerprint density at radius 3 is 3.11 bits per heavy atom. The number of hydrogen-bond acceptors (Lipinski definition) is 5. The summed E-state index contributed by atoms with van der Waals surface area (Å²) in [5.74, 6) is 1.11. The molecule has 1 atom stereocenters. The monoisotopic (exact) mass is 276 g/mol. The van der Waals surface area contributed by atoms with E-state index in [0.29, 0.717) is 6.42 Å². The highest BCUT2D eigenvalue weighted by Gasteiger charge is 2.23. The van der Waals surface area contributed by atoms with Crippen molar-refractivity contribution < 1.29 is 4.79 Å². The van der Waals surface area contributed by atoms with Gasteiger partial charge in [0.1, 0.15) is 12.1 Å². The first-order valence-electron chi connectivity index (χ1n) is 6.34. The molecule has 3 rings (SSSR count). The van der Waals surface area contributed by atoms with Gasteiger partial charge >= 0.3 is 0 Å². The SMILES string of the molecule is Cc1csc2c(NC3CCC(=O)N(C)C3)ncnc12. The number of rotatable bonds is 2. The molecule has 0 aromatic carbocycles. The minimum absolute atomic E-state index is 0.220. The van der Waals surface area contributed by atoms with Crippen LogP contribution in [0.3, 0.4) is 0 Å². The molecule has 1 saturated heterocycles. The van der Waals surface area contributed by atoms with E-state index in [4.69, 9.17) is 0 Å². The van der Waals surface area contributed by atoms with Crippen molar-refractivity contribution in [3.8, 4) is 0 Å². The predicted molar refractivity (Wildman–Crippen MR) is 76.4 cm³/mol. The molecular formula is C13H16N4OS. The number of anilines is 1. The molecule has 2 aromatic heterocycles. The molecule has 0 radical (unpaired) electrons. The highest BCUT2D eigenvalue weighted by Crippen LogP contribution is 2.29. The number of piperidine rings is 1. The van der Waals surface area contributed by atoms with Gasteiger partial charge in [-0.1, -0.05) is 0 Å². The minimum Gasteiger partial charge on any atom is -0.364 e. The van der Waals surface area contributed by atoms with E-state index in [9.17, 15) is 4.79 Å². The van der Waals surface area contributed by atoms with Crippen LogP contribution in [-0.4, -0.2) is 40.4 Å². The van der Waals surface area contributed by atoms with Crippen molar-refractivity contribution in [2.45, 2.75) is 25.8 Å². The fraction of sp³-hybridized carbons (Fsp3) is 0.462. The summed E-state index contributed by atoms with van der Waals surface area (Å²) in [5.41, 5.74) is 2.20. The van der Waals surface area contributed by atoms with Gasteiger partial charge in [0.25, 0.3) is 0 Å². The summed E-state index contributed by atoms with van der Waals surface area (Å²) in [6.07, 6.45) is 3.06. The summed E-state index contributed by atoms with van der Waals surface area (Å²) in [6.45, 7) is 2.79. The lowest BCUT2D eigenvalue weighted by Crippen LogP contribution is -2.43. The molecule has 1 N–H and O–H groups in total. The van der Waals surface area contributed by atoms with E-state index in [-0.39, 0.29) is 11.9 Å². The van der Waals surface area contributed by atoms with Crippen LogP contribution in [0, 0.1) is 6.92 Å². The van der Waals surface area contributed by atoms with Crippen LogP contribution in [0.5, 0.6) is 0 Å². The standard InChI is InChI=1S/C13H16N4OS/c1-8-6-19-12-11(8)14-7-15-13(12)16-9-3-4-10(18)17(2)5-9/h6-7,9H,3-5H2,1-2H3,(H,14,15,16). The first kappa shape index (κ1) is 12.3. The van der Waals surface area contributed by atoms with E-state index in [1.807, 2.05) is 7.05 Å². The lowest BCUT2D eigenvalue weighted by molar-refractivity contribution is -0.132. The van der Waals surface area contributed by atoms with Gasteiger partial charge in [0.15, 0.2) is 0 Å². The van der Waals surface area contributed by atoms with Crippen molar-refractivity contribution in [1.82, 2.24) is 14.9 Å². The Hall–Kier alpha value is -1.69. The van der Waals surface area contributed by atoms with Crippen LogP contribution in [-0.2, 0) is 4.79 Å². The first-order chi connectivity index (χ1) is 9.15. The molecule has 19 heavy (non-hydrogen) atoms. The highest BCUT2D eigenvalue weighted by molar-refractivity contribution is 7.18. The van der Waals surface area contributed by atoms with E-state index in [1.165, 1.54) is 5.56 Å². The molecule has 0 spiro atoms. The van der Waals surface area contributed by atoms with E-state index >= 15 is 0 Å². The van der Waals surface area contributed by atoms with E-state index in [1.54, 1.807) is 22.6 Å². The van der Waals surface area contributed by atoms with E-state index in [0.717, 1.165) is 29.0 Å². The third kappa shape index (κ3) is 2.28. The zero-order valence-corrected chi connectivity index (χ0v) is 11.8. The molecule has 0 saturated carbocycles. The van der Waals surface area contributed by atoms with Gasteiger partial charge in [-0.15, -0.1) is 11.3 Å². The number of aryl methyl sites for hydroxylation is 1. The van der Waals surface area contributed by atoms with Crippen molar-refractivity contribution >= 4 is 33.3 Å². The van der Waals surface area contributed by atoms with Gasteiger partial charge in [0, 0.05) is 26.1 Å². The largest absolute Gasteiger partial charge is 0.364 e. The van der Waals surface area contributed by atoms with E-state index < -0.39 is 0 Å². The molecule has 0 bridgehead atoms. The Balaban J connectivity index is 1.84. The average Bonchev–Trinajstić information content (AvgIpc) is 2.77. The van der Waals surface area contributed by atoms with Crippen LogP contribution in [0.25, 0.3) is 10.2 Å². The second-order valence-electron chi connectivity index (χ2n) is 4.97. The van der Waals surface area contributed by atoms with Gasteiger partial charge in [0.05, 0.1) is 10.2 Å². The Labute approximate surface area is 115 Å². The van der Waals surface area contributed by atoms with Gasteiger partial charge in [-0.25, -0.2) is 9.97 Å². The first-order valence-corrected chi connectivity index (χ1v) is 7.22. The highest BCUT2D eigenvalue weighted by atomic mass is 32.1. The summed E-state index contributed by atoms with van der Waals surface area (Å²) < 4.78 is 1.10. The molecule has 1 aliphatic rings. The van der Waals surface area contributed by atoms with Crippen LogP contribution >= 0.6 is 11.3 Å². The number of carbonyl (C=O) groups excluding carboxylic acids is 1. The van der Waals surface area contributed by atoms with Crippen LogP contribution < -0.4 is 5.32 Å². The molecule has 1 aliphatic heterocycles. The molecule has 6 heteroatoms. The number of nitrogens with one attached hydrogen (secondary N) is 1. The van der Waals surface area contributed by atoms with Gasteiger partial charge in [0.2, 0.25) is 5.91 Å². The molecule has 2 aromatic rings. The average molecular weight is 276 g/mol. The third-order valence-electron chi connectivity index (χ3n) is 3.50. The fourth-order valence-corrected chi connectivity index (χ4v) is 3.35. The third-order valence-corrected chi connectivity index (χ3v) is 4.59. The maximum Gasteiger partial charge on any atom is 0.222 e. The topological polar surface area (TPSA) is 58.1 Å². The van der Waals surface area contributed by atoms with Crippen molar-refractivity contribution in [3.05, 3.63) is 17.3 Å². The summed E-state index contributed by atoms with van der Waals surface area (Å²) in [7, 11) is 1.85. The molecule has 1 unspecified atom stereocenters. The number of carbonyl (C=O) groups is 1. The molecule has 100 valence electrons. The maximum atomic E-state index is 11.5. The summed E-state index contributed by atoms with van der Waals surface area (Å²) in [6, 6.07) is 0.267. The van der Waals surface area contributed by atoms with Crippen molar-refractivity contribution in [2.24, 2.45) is 0 Å². The second-order valence-corrected chi connectivity index (χ2v) is 5.85. The Kier molecular flexibility index (Phi) is 3.10. The molecule has 1 fully saturated rings. The number of aromatic nitrogens is 2. The summed E-state index contributed by atoms with van der Waals surface area (Å²) in [5, 5.41) is 5.55. The molecule has 5 nitrogen and oxygen atoms in total. The summed E-state index contributed by atoms with van der Waals surface area (Å²) >= 11 is 1.66. The quantitative estimate of drug-likeness (QED) is 0.912. The number of amides is 1. The number of fused-ring (bicyclic) bond motifs is 1. The van der Waals surface area contributed by atoms with Gasteiger partial charge < -0.3 is 10.2 Å². The van der Waals surface area contributed by atoms with Crippen LogP contribution in [0.4, 0.5) is 5.82 Å². The molecular weight excluding hydrogens is 260 g/mol. The molecule has 1 amide bonds. The number of likely N-dealkylation sites (tertiary alicyclic amines) is 1. The van der Waals surface area contributed by atoms with Crippen LogP contribution in [0.1, 0.15) is 18.4 Å². The fourth-order valence-electron chi connectivity index (χ4n) is 2.40. The second kappa shape index (κ2) is 4.77. The van der Waals surface area contributed by atoms with Gasteiger partial charge in [-0.05, 0) is 24.3 Å². The van der Waals surface area contributed by atoms with Gasteiger partial charge in [-0.2, -0.15) is 0 Å².